The first-order valence-electron chi connectivity index (χ1n) is 9.02. The Morgan fingerprint density at radius 2 is 1.96 bits per heavy atom. The number of aryl methyl sites for hydroxylation is 1. The minimum absolute atomic E-state index is 0.282. The topological polar surface area (TPSA) is 67.4 Å². The van der Waals surface area contributed by atoms with Gasteiger partial charge < -0.3 is 10.1 Å². The molecule has 1 saturated heterocycles. The van der Waals surface area contributed by atoms with E-state index in [0.29, 0.717) is 11.4 Å². The smallest absolute Gasteiger partial charge is 0.240 e. The minimum atomic E-state index is -3.41. The van der Waals surface area contributed by atoms with Crippen molar-refractivity contribution in [1.29, 1.82) is 0 Å². The third-order valence-electron chi connectivity index (χ3n) is 4.38. The molecule has 1 aliphatic heterocycles. The zero-order valence-corrected chi connectivity index (χ0v) is 16.7. The van der Waals surface area contributed by atoms with Crippen LogP contribution in [0.4, 0.5) is 0 Å². The summed E-state index contributed by atoms with van der Waals surface area (Å²) in [6.07, 6.45) is 3.29. The highest BCUT2D eigenvalue weighted by molar-refractivity contribution is 7.89. The van der Waals surface area contributed by atoms with Crippen LogP contribution in [0.15, 0.2) is 41.3 Å². The van der Waals surface area contributed by atoms with Crippen LogP contribution in [-0.2, 0) is 21.3 Å². The Morgan fingerprint density at radius 3 is 2.69 bits per heavy atom. The lowest BCUT2D eigenvalue weighted by molar-refractivity contribution is 0.114. The summed E-state index contributed by atoms with van der Waals surface area (Å²) in [6, 6.07) is 11.2. The number of benzene rings is 1. The molecule has 3 rings (SSSR count). The second kappa shape index (κ2) is 9.10. The summed E-state index contributed by atoms with van der Waals surface area (Å²) in [5, 5.41) is 3.37. The van der Waals surface area contributed by atoms with Crippen LogP contribution < -0.4 is 10.0 Å². The lowest BCUT2D eigenvalue weighted by atomic mass is 10.2. The van der Waals surface area contributed by atoms with Gasteiger partial charge in [0.15, 0.2) is 0 Å². The van der Waals surface area contributed by atoms with Gasteiger partial charge in [0.2, 0.25) is 10.0 Å². The fraction of sp³-hybridized carbons (Fsp3) is 0.474. The summed E-state index contributed by atoms with van der Waals surface area (Å²) < 4.78 is 32.7. The number of sulfonamides is 1. The number of nitrogens with one attached hydrogen (secondary N) is 2. The third kappa shape index (κ3) is 5.37. The van der Waals surface area contributed by atoms with Crippen molar-refractivity contribution >= 4 is 21.4 Å². The monoisotopic (exact) mass is 394 g/mol. The standard InChI is InChI=1S/C19H26N2O3S2/c1-15-5-8-17(9-6-15)26(22,23)21-12-3-11-20-14-16-7-10-19(25-16)18-4-2-13-24-18/h5-10,18,20-21H,2-4,11-14H2,1H3. The van der Waals surface area contributed by atoms with Gasteiger partial charge in [-0.2, -0.15) is 0 Å². The van der Waals surface area contributed by atoms with Gasteiger partial charge in [0, 0.05) is 29.5 Å². The van der Waals surface area contributed by atoms with Crippen molar-refractivity contribution in [3.8, 4) is 0 Å². The van der Waals surface area contributed by atoms with Gasteiger partial charge in [-0.05, 0) is 57.0 Å². The molecule has 0 spiro atoms. The van der Waals surface area contributed by atoms with E-state index in [1.807, 2.05) is 19.1 Å². The highest BCUT2D eigenvalue weighted by Crippen LogP contribution is 2.33. The summed E-state index contributed by atoms with van der Waals surface area (Å²) in [4.78, 5) is 2.91. The van der Waals surface area contributed by atoms with Crippen LogP contribution in [0.2, 0.25) is 0 Å². The second-order valence-corrected chi connectivity index (χ2v) is 9.51. The normalized spacial score (nSPS) is 17.7. The fourth-order valence-electron chi connectivity index (χ4n) is 2.90. The van der Waals surface area contributed by atoms with Crippen LogP contribution in [0, 0.1) is 6.92 Å². The van der Waals surface area contributed by atoms with Crippen LogP contribution in [0.25, 0.3) is 0 Å². The second-order valence-electron chi connectivity index (χ2n) is 6.55. The number of thiophene rings is 1. The largest absolute Gasteiger partial charge is 0.373 e. The Morgan fingerprint density at radius 1 is 1.15 bits per heavy atom. The van der Waals surface area contributed by atoms with E-state index in [-0.39, 0.29) is 6.10 Å². The van der Waals surface area contributed by atoms with Crippen LogP contribution in [-0.4, -0.2) is 28.1 Å². The van der Waals surface area contributed by atoms with Gasteiger partial charge in [-0.3, -0.25) is 0 Å². The molecule has 1 aliphatic rings. The van der Waals surface area contributed by atoms with Gasteiger partial charge in [-0.1, -0.05) is 17.7 Å². The summed E-state index contributed by atoms with van der Waals surface area (Å²) in [5.74, 6) is 0. The average molecular weight is 395 g/mol. The van der Waals surface area contributed by atoms with Crippen LogP contribution in [0.3, 0.4) is 0 Å². The zero-order chi connectivity index (χ0) is 18.4. The number of hydrogen-bond acceptors (Lipinski definition) is 5. The molecule has 2 N–H and O–H groups in total. The molecule has 5 nitrogen and oxygen atoms in total. The molecule has 0 radical (unpaired) electrons. The Labute approximate surface area is 159 Å². The predicted molar refractivity (Wildman–Crippen MR) is 105 cm³/mol. The minimum Gasteiger partial charge on any atom is -0.373 e. The first-order chi connectivity index (χ1) is 12.5. The van der Waals surface area contributed by atoms with Gasteiger partial charge in [-0.25, -0.2) is 13.1 Å². The van der Waals surface area contributed by atoms with Crippen molar-refractivity contribution < 1.29 is 13.2 Å². The van der Waals surface area contributed by atoms with Gasteiger partial charge in [0.25, 0.3) is 0 Å². The van der Waals surface area contributed by atoms with E-state index in [0.717, 1.165) is 44.5 Å². The molecular formula is C19H26N2O3S2. The van der Waals surface area contributed by atoms with E-state index in [1.165, 1.54) is 9.75 Å². The molecule has 1 unspecified atom stereocenters. The molecule has 26 heavy (non-hydrogen) atoms. The Kier molecular flexibility index (Phi) is 6.83. The molecule has 142 valence electrons. The summed E-state index contributed by atoms with van der Waals surface area (Å²) in [5.41, 5.74) is 1.05. The molecule has 1 atom stereocenters. The number of hydrogen-bond donors (Lipinski definition) is 2. The Balaban J connectivity index is 1.35. The first kappa shape index (κ1) is 19.5. The fourth-order valence-corrected chi connectivity index (χ4v) is 5.04. The van der Waals surface area contributed by atoms with Crippen molar-refractivity contribution in [3.63, 3.8) is 0 Å². The Hall–Kier alpha value is -1.25. The Bertz CT molecular complexity index is 794. The van der Waals surface area contributed by atoms with Crippen molar-refractivity contribution in [2.75, 3.05) is 19.7 Å². The van der Waals surface area contributed by atoms with Crippen molar-refractivity contribution in [2.45, 2.75) is 43.7 Å². The first-order valence-corrected chi connectivity index (χ1v) is 11.3. The molecule has 1 aromatic heterocycles. The van der Waals surface area contributed by atoms with Crippen molar-refractivity contribution in [1.82, 2.24) is 10.0 Å². The molecule has 0 bridgehead atoms. The third-order valence-corrected chi connectivity index (χ3v) is 7.04. The van der Waals surface area contributed by atoms with E-state index in [9.17, 15) is 8.42 Å². The van der Waals surface area contributed by atoms with Gasteiger partial charge >= 0.3 is 0 Å². The molecule has 2 heterocycles. The molecule has 1 aromatic carbocycles. The molecule has 7 heteroatoms. The quantitative estimate of drug-likeness (QED) is 0.640. The maximum atomic E-state index is 12.2. The van der Waals surface area contributed by atoms with E-state index >= 15 is 0 Å². The highest BCUT2D eigenvalue weighted by atomic mass is 32.2. The molecule has 0 saturated carbocycles. The molecule has 1 fully saturated rings. The molecule has 2 aromatic rings. The van der Waals surface area contributed by atoms with Gasteiger partial charge in [-0.15, -0.1) is 11.3 Å². The number of rotatable bonds is 9. The average Bonchev–Trinajstić information content (AvgIpc) is 3.29. The lowest BCUT2D eigenvalue weighted by Crippen LogP contribution is -2.27. The summed E-state index contributed by atoms with van der Waals surface area (Å²) in [7, 11) is -3.41. The molecule has 0 aliphatic carbocycles. The maximum absolute atomic E-state index is 12.2. The lowest BCUT2D eigenvalue weighted by Gasteiger charge is -2.08. The zero-order valence-electron chi connectivity index (χ0n) is 15.0. The van der Waals surface area contributed by atoms with Crippen molar-refractivity contribution in [3.05, 3.63) is 51.7 Å². The van der Waals surface area contributed by atoms with Gasteiger partial charge in [0.1, 0.15) is 0 Å². The summed E-state index contributed by atoms with van der Waals surface area (Å²) >= 11 is 1.80. The predicted octanol–water partition coefficient (Wildman–Crippen LogP) is 3.37. The molecule has 0 amide bonds. The highest BCUT2D eigenvalue weighted by Gasteiger charge is 2.19. The van der Waals surface area contributed by atoms with E-state index < -0.39 is 10.0 Å². The van der Waals surface area contributed by atoms with E-state index in [1.54, 1.807) is 23.5 Å². The van der Waals surface area contributed by atoms with Crippen LogP contribution >= 0.6 is 11.3 Å². The van der Waals surface area contributed by atoms with Crippen LogP contribution in [0.1, 0.15) is 40.7 Å². The number of ether oxygens (including phenoxy) is 1. The van der Waals surface area contributed by atoms with E-state index in [4.69, 9.17) is 4.74 Å². The molecular weight excluding hydrogens is 368 g/mol. The maximum Gasteiger partial charge on any atom is 0.240 e. The van der Waals surface area contributed by atoms with E-state index in [2.05, 4.69) is 22.2 Å². The van der Waals surface area contributed by atoms with Crippen LogP contribution in [0.5, 0.6) is 0 Å². The summed E-state index contributed by atoms with van der Waals surface area (Å²) in [6.45, 7) is 4.81. The van der Waals surface area contributed by atoms with Gasteiger partial charge in [0.05, 0.1) is 11.0 Å². The van der Waals surface area contributed by atoms with Crippen molar-refractivity contribution in [2.24, 2.45) is 0 Å². The SMILES string of the molecule is Cc1ccc(S(=O)(=O)NCCCNCc2ccc(C3CCCO3)s2)cc1.